The predicted octanol–water partition coefficient (Wildman–Crippen LogP) is 3.30. The molecule has 0 saturated heterocycles. The van der Waals surface area contributed by atoms with Gasteiger partial charge in [0.25, 0.3) is 0 Å². The molecule has 0 spiro atoms. The molecule has 0 fully saturated rings. The Morgan fingerprint density at radius 1 is 0.929 bits per heavy atom. The zero-order chi connectivity index (χ0) is 11.5. The van der Waals surface area contributed by atoms with Crippen LogP contribution in [0.4, 0.5) is 0 Å². The van der Waals surface area contributed by atoms with E-state index in [2.05, 4.69) is 46.5 Å². The average Bonchev–Trinajstić information content (AvgIpc) is 1.97. The molecule has 1 N–H and O–H groups in total. The van der Waals surface area contributed by atoms with E-state index in [1.807, 2.05) is 0 Å². The molecule has 0 aliphatic rings. The molecule has 0 aliphatic heterocycles. The van der Waals surface area contributed by atoms with Crippen LogP contribution >= 0.6 is 0 Å². The van der Waals surface area contributed by atoms with Crippen molar-refractivity contribution in [3.63, 3.8) is 0 Å². The predicted molar refractivity (Wildman–Crippen MR) is 64.9 cm³/mol. The Balaban J connectivity index is 5.05. The van der Waals surface area contributed by atoms with E-state index >= 15 is 0 Å². The van der Waals surface area contributed by atoms with E-state index in [1.165, 1.54) is 0 Å². The van der Waals surface area contributed by atoms with Crippen molar-refractivity contribution in [3.8, 4) is 0 Å². The van der Waals surface area contributed by atoms with E-state index in [0.717, 1.165) is 0 Å². The SMILES string of the molecule is CC(=O)N[Si](C(C)C)(C(C)C)C(C)C. The molecular formula is C11H25NOSi. The van der Waals surface area contributed by atoms with Gasteiger partial charge in [0.05, 0.1) is 0 Å². The highest BCUT2D eigenvalue weighted by Gasteiger charge is 2.43. The Morgan fingerprint density at radius 3 is 1.29 bits per heavy atom. The quantitative estimate of drug-likeness (QED) is 0.716. The van der Waals surface area contributed by atoms with Crippen LogP contribution in [0, 0.1) is 0 Å². The van der Waals surface area contributed by atoms with Crippen LogP contribution in [0.15, 0.2) is 0 Å². The van der Waals surface area contributed by atoms with E-state index in [0.29, 0.717) is 16.6 Å². The van der Waals surface area contributed by atoms with Crippen molar-refractivity contribution in [3.05, 3.63) is 0 Å². The fraction of sp³-hybridized carbons (Fsp3) is 0.909. The first kappa shape index (κ1) is 13.7. The number of hydrogen-bond acceptors (Lipinski definition) is 1. The highest BCUT2D eigenvalue weighted by atomic mass is 28.3. The number of carbonyl (C=O) groups excluding carboxylic acids is 1. The minimum Gasteiger partial charge on any atom is -0.381 e. The molecule has 0 rings (SSSR count). The highest BCUT2D eigenvalue weighted by molar-refractivity contribution is 6.83. The fourth-order valence-electron chi connectivity index (χ4n) is 2.74. The maximum atomic E-state index is 11.3. The van der Waals surface area contributed by atoms with E-state index < -0.39 is 8.24 Å². The molecule has 0 saturated carbocycles. The van der Waals surface area contributed by atoms with Crippen LogP contribution < -0.4 is 4.98 Å². The van der Waals surface area contributed by atoms with E-state index in [4.69, 9.17) is 0 Å². The second kappa shape index (κ2) is 4.96. The third-order valence-electron chi connectivity index (χ3n) is 3.26. The minimum atomic E-state index is -1.69. The van der Waals surface area contributed by atoms with Crippen molar-refractivity contribution in [1.29, 1.82) is 0 Å². The van der Waals surface area contributed by atoms with Gasteiger partial charge in [-0.05, 0) is 16.6 Å². The molecule has 2 nitrogen and oxygen atoms in total. The summed E-state index contributed by atoms with van der Waals surface area (Å²) < 4.78 is 0. The Labute approximate surface area is 89.6 Å². The van der Waals surface area contributed by atoms with Gasteiger partial charge in [-0.1, -0.05) is 41.5 Å². The molecular weight excluding hydrogens is 190 g/mol. The molecule has 84 valence electrons. The van der Waals surface area contributed by atoms with Gasteiger partial charge in [-0.3, -0.25) is 4.79 Å². The van der Waals surface area contributed by atoms with E-state index in [1.54, 1.807) is 6.92 Å². The molecule has 0 aliphatic carbocycles. The summed E-state index contributed by atoms with van der Waals surface area (Å²) in [6.07, 6.45) is 0. The molecule has 0 unspecified atom stereocenters. The lowest BCUT2D eigenvalue weighted by Gasteiger charge is -2.42. The van der Waals surface area contributed by atoms with Crippen LogP contribution in [-0.2, 0) is 4.79 Å². The maximum absolute atomic E-state index is 11.3. The molecule has 0 heterocycles. The van der Waals surface area contributed by atoms with E-state index in [-0.39, 0.29) is 5.91 Å². The molecule has 0 radical (unpaired) electrons. The summed E-state index contributed by atoms with van der Waals surface area (Å²) in [4.78, 5) is 14.6. The summed E-state index contributed by atoms with van der Waals surface area (Å²) in [6, 6.07) is 0. The van der Waals surface area contributed by atoms with Crippen LogP contribution in [0.5, 0.6) is 0 Å². The second-order valence-corrected chi connectivity index (χ2v) is 10.7. The van der Waals surface area contributed by atoms with Crippen LogP contribution in [0.3, 0.4) is 0 Å². The Morgan fingerprint density at radius 2 is 1.21 bits per heavy atom. The lowest BCUT2D eigenvalue weighted by atomic mass is 10.5. The monoisotopic (exact) mass is 215 g/mol. The first-order valence-corrected chi connectivity index (χ1v) is 7.77. The molecule has 0 aromatic heterocycles. The third-order valence-corrected chi connectivity index (χ3v) is 9.78. The lowest BCUT2D eigenvalue weighted by molar-refractivity contribution is -0.117. The van der Waals surface area contributed by atoms with Gasteiger partial charge >= 0.3 is 0 Å². The third kappa shape index (κ3) is 2.59. The van der Waals surface area contributed by atoms with Gasteiger partial charge in [-0.2, -0.15) is 0 Å². The van der Waals surface area contributed by atoms with Gasteiger partial charge in [0.2, 0.25) is 5.91 Å². The smallest absolute Gasteiger partial charge is 0.209 e. The van der Waals surface area contributed by atoms with Gasteiger partial charge in [-0.25, -0.2) is 0 Å². The Hall–Kier alpha value is -0.313. The number of carbonyl (C=O) groups is 1. The highest BCUT2D eigenvalue weighted by Crippen LogP contribution is 2.38. The van der Waals surface area contributed by atoms with Crippen molar-refractivity contribution in [1.82, 2.24) is 4.98 Å². The summed E-state index contributed by atoms with van der Waals surface area (Å²) in [5.41, 5.74) is 1.77. The normalized spacial score (nSPS) is 12.7. The number of nitrogens with one attached hydrogen (secondary N) is 1. The summed E-state index contributed by atoms with van der Waals surface area (Å²) >= 11 is 0. The molecule has 14 heavy (non-hydrogen) atoms. The first-order valence-electron chi connectivity index (χ1n) is 5.53. The zero-order valence-electron chi connectivity index (χ0n) is 10.6. The van der Waals surface area contributed by atoms with Gasteiger partial charge < -0.3 is 4.98 Å². The maximum Gasteiger partial charge on any atom is 0.209 e. The topological polar surface area (TPSA) is 29.1 Å². The van der Waals surface area contributed by atoms with Crippen molar-refractivity contribution in [2.24, 2.45) is 0 Å². The molecule has 0 bridgehead atoms. The number of amides is 1. The first-order chi connectivity index (χ1) is 6.25. The fourth-order valence-corrected chi connectivity index (χ4v) is 8.21. The molecule has 0 aromatic carbocycles. The van der Waals surface area contributed by atoms with Gasteiger partial charge in [-0.15, -0.1) is 0 Å². The van der Waals surface area contributed by atoms with Crippen molar-refractivity contribution < 1.29 is 4.79 Å². The minimum absolute atomic E-state index is 0.132. The summed E-state index contributed by atoms with van der Waals surface area (Å²) in [5, 5.41) is 0. The standard InChI is InChI=1S/C11H25NOSi/c1-8(2)14(9(3)4,10(5)6)12-11(7)13/h8-10H,1-7H3,(H,12,13). The van der Waals surface area contributed by atoms with Crippen LogP contribution in [0.1, 0.15) is 48.5 Å². The zero-order valence-corrected chi connectivity index (χ0v) is 11.6. The second-order valence-electron chi connectivity index (χ2n) is 5.08. The van der Waals surface area contributed by atoms with Crippen molar-refractivity contribution in [2.75, 3.05) is 0 Å². The Kier molecular flexibility index (Phi) is 4.85. The van der Waals surface area contributed by atoms with Gasteiger partial charge in [0.15, 0.2) is 8.24 Å². The molecule has 0 aromatic rings. The van der Waals surface area contributed by atoms with Crippen LogP contribution in [0.2, 0.25) is 16.6 Å². The van der Waals surface area contributed by atoms with Gasteiger partial charge in [0, 0.05) is 6.92 Å². The van der Waals surface area contributed by atoms with Crippen LogP contribution in [0.25, 0.3) is 0 Å². The summed E-state index contributed by atoms with van der Waals surface area (Å²) in [7, 11) is -1.69. The number of rotatable bonds is 4. The van der Waals surface area contributed by atoms with E-state index in [9.17, 15) is 4.79 Å². The number of hydrogen-bond donors (Lipinski definition) is 1. The summed E-state index contributed by atoms with van der Waals surface area (Å²) in [6.45, 7) is 15.1. The van der Waals surface area contributed by atoms with Crippen molar-refractivity contribution in [2.45, 2.75) is 65.1 Å². The largest absolute Gasteiger partial charge is 0.381 e. The average molecular weight is 215 g/mol. The van der Waals surface area contributed by atoms with Crippen molar-refractivity contribution >= 4 is 14.1 Å². The van der Waals surface area contributed by atoms with Crippen LogP contribution in [-0.4, -0.2) is 14.1 Å². The molecule has 1 amide bonds. The Bertz CT molecular complexity index is 178. The summed E-state index contributed by atoms with van der Waals surface area (Å²) in [5.74, 6) is 0.132. The lowest BCUT2D eigenvalue weighted by Crippen LogP contribution is -2.59. The molecule has 0 atom stereocenters. The molecule has 3 heteroatoms. The van der Waals surface area contributed by atoms with Gasteiger partial charge in [0.1, 0.15) is 0 Å².